The van der Waals surface area contributed by atoms with Crippen LogP contribution in [0.15, 0.2) is 0 Å². The monoisotopic (exact) mass is 982 g/mol. The van der Waals surface area contributed by atoms with Crippen molar-refractivity contribution in [1.82, 2.24) is 9.80 Å². The molecule has 2 atom stereocenters. The fraction of sp³-hybridized carbons (Fsp3) is 1.00. The van der Waals surface area contributed by atoms with Crippen LogP contribution in [0.2, 0.25) is 0 Å². The van der Waals surface area contributed by atoms with Gasteiger partial charge in [-0.3, -0.25) is 9.80 Å². The molecule has 2 radical (unpaired) electrons. The fourth-order valence-corrected chi connectivity index (χ4v) is 6.04. The van der Waals surface area contributed by atoms with Gasteiger partial charge in [0.25, 0.3) is 0 Å². The van der Waals surface area contributed by atoms with E-state index in [1.54, 1.807) is 0 Å². The van der Waals surface area contributed by atoms with E-state index in [1.165, 1.54) is 25.8 Å². The maximum absolute atomic E-state index is 7.68. The van der Waals surface area contributed by atoms with Crippen LogP contribution in [0.1, 0.15) is 122 Å². The molecule has 12 heteroatoms. The molecule has 6 N–H and O–H groups in total. The van der Waals surface area contributed by atoms with Crippen molar-refractivity contribution in [3.63, 3.8) is 0 Å². The Hall–Kier alpha value is 2.72. The van der Waals surface area contributed by atoms with E-state index in [9.17, 15) is 0 Å². The Labute approximate surface area is 339 Å². The predicted octanol–water partition coefficient (Wildman–Crippen LogP) is -4.13. The van der Waals surface area contributed by atoms with Crippen molar-refractivity contribution < 1.29 is 102 Å². The molecular formula is C32H72Br4Cu2N6-2. The first kappa shape index (κ1) is 65.1. The third kappa shape index (κ3) is 28.5. The van der Waals surface area contributed by atoms with Gasteiger partial charge in [0, 0.05) is 24.2 Å². The second-order valence-corrected chi connectivity index (χ2v) is 14.0. The summed E-state index contributed by atoms with van der Waals surface area (Å²) in [5.74, 6) is 0.917. The molecule has 0 heterocycles. The van der Waals surface area contributed by atoms with E-state index in [0.717, 1.165) is 38.9 Å². The molecule has 0 aromatic carbocycles. The van der Waals surface area contributed by atoms with Crippen LogP contribution in [-0.4, -0.2) is 73.2 Å². The van der Waals surface area contributed by atoms with Gasteiger partial charge in [0.05, 0.1) is 0 Å². The van der Waals surface area contributed by atoms with Crippen LogP contribution in [-0.2, 0) is 34.1 Å². The minimum atomic E-state index is 0. The summed E-state index contributed by atoms with van der Waals surface area (Å²) in [4.78, 5) is 5.10. The van der Waals surface area contributed by atoms with Gasteiger partial charge < -0.3 is 90.9 Å². The largest absolute Gasteiger partial charge is 2.00 e. The molecule has 0 fully saturated rings. The Bertz CT molecular complexity index is 511. The third-order valence-electron chi connectivity index (χ3n) is 8.88. The summed E-state index contributed by atoms with van der Waals surface area (Å²) >= 11 is 0. The van der Waals surface area contributed by atoms with Crippen LogP contribution >= 0.6 is 0 Å². The first-order valence-corrected chi connectivity index (χ1v) is 15.7. The zero-order chi connectivity index (χ0) is 30.1. The number of nitrogens with zero attached hydrogens (tertiary/aromatic N) is 2. The van der Waals surface area contributed by atoms with Crippen LogP contribution in [0, 0.1) is 22.7 Å². The molecule has 0 aromatic heterocycles. The Morgan fingerprint density at radius 1 is 0.568 bits per heavy atom. The maximum atomic E-state index is 7.68. The Morgan fingerprint density at radius 2 is 0.886 bits per heavy atom. The molecule has 0 rings (SSSR count). The van der Waals surface area contributed by atoms with Crippen molar-refractivity contribution >= 4 is 0 Å². The maximum Gasteiger partial charge on any atom is 2.00 e. The fourth-order valence-electron chi connectivity index (χ4n) is 6.04. The van der Waals surface area contributed by atoms with E-state index in [4.69, 9.17) is 22.9 Å². The van der Waals surface area contributed by atoms with Crippen LogP contribution in [0.4, 0.5) is 0 Å². The van der Waals surface area contributed by atoms with Gasteiger partial charge in [-0.25, -0.2) is 0 Å². The summed E-state index contributed by atoms with van der Waals surface area (Å²) in [5.41, 5.74) is 27.2. The summed E-state index contributed by atoms with van der Waals surface area (Å²) in [7, 11) is 0. The van der Waals surface area contributed by atoms with E-state index in [0.29, 0.717) is 54.5 Å². The molecule has 0 bridgehead atoms. The zero-order valence-corrected chi connectivity index (χ0v) is 38.3. The second kappa shape index (κ2) is 35.5. The van der Waals surface area contributed by atoms with E-state index >= 15 is 0 Å². The number of halogens is 4. The predicted molar refractivity (Wildman–Crippen MR) is 173 cm³/mol. The van der Waals surface area contributed by atoms with E-state index in [1.807, 2.05) is 0 Å². The zero-order valence-electron chi connectivity index (χ0n) is 30.1. The van der Waals surface area contributed by atoms with Gasteiger partial charge in [0.15, 0.2) is 0 Å². The average Bonchev–Trinajstić information content (AvgIpc) is 2.80. The second-order valence-electron chi connectivity index (χ2n) is 14.0. The van der Waals surface area contributed by atoms with Crippen LogP contribution < -0.4 is 79.4 Å². The van der Waals surface area contributed by atoms with E-state index < -0.39 is 0 Å². The van der Waals surface area contributed by atoms with Crippen molar-refractivity contribution in [2.24, 2.45) is 34.1 Å². The number of rotatable bonds is 20. The van der Waals surface area contributed by atoms with Crippen molar-refractivity contribution in [3.05, 3.63) is 11.5 Å². The molecule has 6 nitrogen and oxygen atoms in total. The standard InChI is InChI=1S/C16H37N3.C16H35N3.4BrH.2Cu/c2*1-13(2)19(14(3)4)11-7-9-16(5,6)15(12-18)8-10-17;;;;;;/h13-15H,7-12,17-18H2,1-6H3;13-15,17-18H,7-12H2,1-6H3;4*1H;;/q;-2;;;;;2*+2/p-4. The van der Waals surface area contributed by atoms with Crippen molar-refractivity contribution in [2.75, 3.05) is 39.3 Å². The minimum absolute atomic E-state index is 0. The minimum Gasteiger partial charge on any atom is -1.00 e. The van der Waals surface area contributed by atoms with Gasteiger partial charge >= 0.3 is 34.1 Å². The van der Waals surface area contributed by atoms with Crippen molar-refractivity contribution in [2.45, 2.75) is 146 Å². The van der Waals surface area contributed by atoms with Gasteiger partial charge in [-0.2, -0.15) is 6.54 Å². The Morgan fingerprint density at radius 3 is 1.11 bits per heavy atom. The molecule has 0 spiro atoms. The molecule has 0 aliphatic heterocycles. The number of nitrogens with two attached hydrogens (primary N) is 2. The van der Waals surface area contributed by atoms with E-state index in [-0.39, 0.29) is 107 Å². The van der Waals surface area contributed by atoms with Gasteiger partial charge in [-0.15, -0.1) is 6.54 Å². The number of hydrogen-bond acceptors (Lipinski definition) is 4. The molecule has 2 unspecified atom stereocenters. The molecule has 44 heavy (non-hydrogen) atoms. The molecule has 0 aliphatic carbocycles. The molecule has 0 aromatic rings. The normalized spacial score (nSPS) is 12.7. The van der Waals surface area contributed by atoms with Gasteiger partial charge in [-0.05, 0) is 130 Å². The summed E-state index contributed by atoms with van der Waals surface area (Å²) in [6, 6.07) is 2.45. The summed E-state index contributed by atoms with van der Waals surface area (Å²) in [6.07, 6.45) is 6.73. The Balaban J connectivity index is -0.0000000864. The molecule has 282 valence electrons. The van der Waals surface area contributed by atoms with Crippen molar-refractivity contribution in [1.29, 1.82) is 0 Å². The average molecular weight is 988 g/mol. The van der Waals surface area contributed by atoms with Gasteiger partial charge in [-0.1, -0.05) is 40.0 Å². The first-order valence-electron chi connectivity index (χ1n) is 15.7. The van der Waals surface area contributed by atoms with Gasteiger partial charge in [0.1, 0.15) is 0 Å². The van der Waals surface area contributed by atoms with Crippen LogP contribution in [0.25, 0.3) is 11.5 Å². The third-order valence-corrected chi connectivity index (χ3v) is 8.88. The van der Waals surface area contributed by atoms with Gasteiger partial charge in [0.2, 0.25) is 0 Å². The van der Waals surface area contributed by atoms with Crippen LogP contribution in [0.5, 0.6) is 0 Å². The summed E-state index contributed by atoms with van der Waals surface area (Å²) in [5, 5.41) is 0. The van der Waals surface area contributed by atoms with Crippen LogP contribution in [0.3, 0.4) is 0 Å². The topological polar surface area (TPSA) is 106 Å². The molecule has 0 amide bonds. The molecule has 0 saturated carbocycles. The summed E-state index contributed by atoms with van der Waals surface area (Å²) < 4.78 is 0. The Kier molecular flexibility index (Phi) is 52.6. The number of hydrogen-bond donors (Lipinski definition) is 2. The number of nitrogens with one attached hydrogen (secondary N) is 2. The SMILES string of the molecule is CC(C)N(CCCC(C)(C)C(CN)CCN)C(C)C.CC(C)N(CCCC(C)(C)C(C[NH-])CC[NH-])C(C)C.[Br-].[Br-].[Br-].[Br-].[Cu+2].[Cu+2]. The first-order chi connectivity index (χ1) is 17.5. The van der Waals surface area contributed by atoms with E-state index in [2.05, 4.69) is 92.9 Å². The van der Waals surface area contributed by atoms with Crippen molar-refractivity contribution in [3.8, 4) is 0 Å². The smallest absolute Gasteiger partial charge is 1.00 e. The molecular weight excluding hydrogens is 915 g/mol. The summed E-state index contributed by atoms with van der Waals surface area (Å²) in [6.45, 7) is 32.1. The molecule has 0 saturated heterocycles. The quantitative estimate of drug-likeness (QED) is 0.121. The molecule has 0 aliphatic rings.